The predicted octanol–water partition coefficient (Wildman–Crippen LogP) is 3.60. The Labute approximate surface area is 133 Å². The quantitative estimate of drug-likeness (QED) is 0.732. The zero-order chi connectivity index (χ0) is 15.4. The van der Waals surface area contributed by atoms with Crippen LogP contribution in [0.25, 0.3) is 16.4 Å². The van der Waals surface area contributed by atoms with Crippen molar-refractivity contribution in [1.82, 2.24) is 4.98 Å². The second-order valence-electron chi connectivity index (χ2n) is 4.77. The van der Waals surface area contributed by atoms with E-state index in [9.17, 15) is 0 Å². The van der Waals surface area contributed by atoms with E-state index in [-0.39, 0.29) is 0 Å². The standard InChI is InChI=1S/C17H17N3OS/c1-3-21-14-11-15-17(19-12-14)20(2)16(22-15)9-10-18-13-7-5-4-6-8-13/h4-12H,3H2,1-2H3/p+1. The fourth-order valence-corrected chi connectivity index (χ4v) is 3.21. The van der Waals surface area contributed by atoms with Gasteiger partial charge in [0.1, 0.15) is 4.70 Å². The van der Waals surface area contributed by atoms with Crippen LogP contribution in [0.5, 0.6) is 5.75 Å². The number of nitrogens with one attached hydrogen (secondary N) is 1. The number of fused-ring (bicyclic) bond motifs is 1. The molecule has 0 saturated heterocycles. The summed E-state index contributed by atoms with van der Waals surface area (Å²) in [6, 6.07) is 12.1. The first-order chi connectivity index (χ1) is 10.8. The number of para-hydroxylation sites is 1. The zero-order valence-corrected chi connectivity index (χ0v) is 13.4. The van der Waals surface area contributed by atoms with Crippen LogP contribution in [-0.2, 0) is 7.05 Å². The van der Waals surface area contributed by atoms with E-state index in [0.717, 1.165) is 26.8 Å². The molecule has 0 bridgehead atoms. The van der Waals surface area contributed by atoms with Crippen molar-refractivity contribution in [2.75, 3.05) is 11.9 Å². The van der Waals surface area contributed by atoms with Gasteiger partial charge >= 0.3 is 5.65 Å². The van der Waals surface area contributed by atoms with Crippen LogP contribution >= 0.6 is 11.3 Å². The largest absolute Gasteiger partial charge is 0.490 e. The highest BCUT2D eigenvalue weighted by atomic mass is 32.1. The number of aryl methyl sites for hydroxylation is 1. The number of benzene rings is 1. The molecule has 5 heteroatoms. The monoisotopic (exact) mass is 312 g/mol. The summed E-state index contributed by atoms with van der Waals surface area (Å²) in [5.41, 5.74) is 2.03. The van der Waals surface area contributed by atoms with Crippen molar-refractivity contribution in [3.05, 3.63) is 53.8 Å². The number of ether oxygens (including phenoxy) is 1. The molecule has 0 radical (unpaired) electrons. The van der Waals surface area contributed by atoms with Crippen LogP contribution in [0, 0.1) is 0 Å². The summed E-state index contributed by atoms with van der Waals surface area (Å²) in [4.78, 5) is 4.48. The normalized spacial score (nSPS) is 11.2. The molecule has 0 atom stereocenters. The maximum atomic E-state index is 5.51. The Kier molecular flexibility index (Phi) is 4.34. The topological polar surface area (TPSA) is 38.0 Å². The van der Waals surface area contributed by atoms with Gasteiger partial charge in [0.25, 0.3) is 0 Å². The molecular weight excluding hydrogens is 294 g/mol. The average Bonchev–Trinajstić information content (AvgIpc) is 2.85. The third-order valence-electron chi connectivity index (χ3n) is 3.23. The summed E-state index contributed by atoms with van der Waals surface area (Å²) in [7, 11) is 2.02. The molecule has 1 aromatic carbocycles. The Bertz CT molecular complexity index is 796. The Morgan fingerprint density at radius 2 is 2.14 bits per heavy atom. The summed E-state index contributed by atoms with van der Waals surface area (Å²) < 4.78 is 8.71. The minimum Gasteiger partial charge on any atom is -0.490 e. The highest BCUT2D eigenvalue weighted by Gasteiger charge is 2.15. The first-order valence-corrected chi connectivity index (χ1v) is 7.99. The van der Waals surface area contributed by atoms with Gasteiger partial charge in [-0.05, 0) is 24.0 Å². The maximum absolute atomic E-state index is 5.51. The molecule has 3 aromatic rings. The van der Waals surface area contributed by atoms with Crippen molar-refractivity contribution >= 4 is 33.4 Å². The number of anilines is 1. The van der Waals surface area contributed by atoms with E-state index in [4.69, 9.17) is 4.74 Å². The number of thiazole rings is 1. The molecule has 0 amide bonds. The third-order valence-corrected chi connectivity index (χ3v) is 4.37. The van der Waals surface area contributed by atoms with Gasteiger partial charge in [0.05, 0.1) is 13.7 Å². The molecule has 0 fully saturated rings. The van der Waals surface area contributed by atoms with Gasteiger partial charge in [-0.1, -0.05) is 29.5 Å². The lowest BCUT2D eigenvalue weighted by Gasteiger charge is -1.98. The van der Waals surface area contributed by atoms with Gasteiger partial charge in [0.15, 0.2) is 17.0 Å². The van der Waals surface area contributed by atoms with Crippen molar-refractivity contribution in [2.45, 2.75) is 6.92 Å². The number of hydrogen-bond acceptors (Lipinski definition) is 4. The first-order valence-electron chi connectivity index (χ1n) is 7.17. The Morgan fingerprint density at radius 1 is 1.32 bits per heavy atom. The first kappa shape index (κ1) is 14.5. The molecule has 0 aliphatic heterocycles. The lowest BCUT2D eigenvalue weighted by Crippen LogP contribution is -2.29. The summed E-state index contributed by atoms with van der Waals surface area (Å²) in [5, 5.41) is 4.39. The number of hydrogen-bond donors (Lipinski definition) is 1. The Morgan fingerprint density at radius 3 is 2.91 bits per heavy atom. The lowest BCUT2D eigenvalue weighted by atomic mass is 10.3. The van der Waals surface area contributed by atoms with Gasteiger partial charge in [-0.3, -0.25) is 0 Å². The highest BCUT2D eigenvalue weighted by Crippen LogP contribution is 2.23. The van der Waals surface area contributed by atoms with Crippen molar-refractivity contribution in [3.8, 4) is 5.75 Å². The molecule has 22 heavy (non-hydrogen) atoms. The maximum Gasteiger partial charge on any atom is 0.341 e. The zero-order valence-electron chi connectivity index (χ0n) is 12.6. The molecule has 2 aromatic heterocycles. The Hall–Kier alpha value is -2.40. The molecule has 3 rings (SSSR count). The molecule has 0 unspecified atom stereocenters. The average molecular weight is 312 g/mol. The van der Waals surface area contributed by atoms with Crippen LogP contribution in [-0.4, -0.2) is 11.6 Å². The van der Waals surface area contributed by atoms with Crippen LogP contribution in [0.4, 0.5) is 5.69 Å². The van der Waals surface area contributed by atoms with Gasteiger partial charge in [-0.2, -0.15) is 0 Å². The molecule has 0 aliphatic rings. The van der Waals surface area contributed by atoms with E-state index in [1.165, 1.54) is 0 Å². The van der Waals surface area contributed by atoms with Gasteiger partial charge in [0, 0.05) is 24.0 Å². The van der Waals surface area contributed by atoms with Crippen molar-refractivity contribution in [3.63, 3.8) is 0 Å². The molecule has 1 N–H and O–H groups in total. The van der Waals surface area contributed by atoms with Crippen molar-refractivity contribution in [2.24, 2.45) is 7.05 Å². The number of nitrogens with zero attached hydrogens (tertiary/aromatic N) is 2. The van der Waals surface area contributed by atoms with Crippen LogP contribution in [0.1, 0.15) is 11.9 Å². The number of aromatic nitrogens is 2. The van der Waals surface area contributed by atoms with E-state index in [0.29, 0.717) is 6.61 Å². The number of pyridine rings is 1. The minimum atomic E-state index is 0.651. The molecular formula is C17H18N3OS+. The van der Waals surface area contributed by atoms with Crippen LogP contribution in [0.3, 0.4) is 0 Å². The smallest absolute Gasteiger partial charge is 0.341 e. The van der Waals surface area contributed by atoms with Crippen molar-refractivity contribution < 1.29 is 9.30 Å². The van der Waals surface area contributed by atoms with E-state index < -0.39 is 0 Å². The highest BCUT2D eigenvalue weighted by molar-refractivity contribution is 7.18. The predicted molar refractivity (Wildman–Crippen MR) is 91.1 cm³/mol. The molecule has 0 saturated carbocycles. The second-order valence-corrected chi connectivity index (χ2v) is 5.83. The fraction of sp³-hybridized carbons (Fsp3) is 0.176. The molecule has 0 aliphatic carbocycles. The van der Waals surface area contributed by atoms with Crippen LogP contribution < -0.4 is 14.6 Å². The van der Waals surface area contributed by atoms with E-state index >= 15 is 0 Å². The summed E-state index contributed by atoms with van der Waals surface area (Å²) in [6.45, 7) is 2.63. The van der Waals surface area contributed by atoms with Crippen LogP contribution in [0.2, 0.25) is 0 Å². The minimum absolute atomic E-state index is 0.651. The van der Waals surface area contributed by atoms with Gasteiger partial charge in [0.2, 0.25) is 0 Å². The fourth-order valence-electron chi connectivity index (χ4n) is 2.17. The number of rotatable bonds is 5. The summed E-state index contributed by atoms with van der Waals surface area (Å²) in [5.74, 6) is 0.815. The summed E-state index contributed by atoms with van der Waals surface area (Å²) in [6.07, 6.45) is 5.78. The van der Waals surface area contributed by atoms with E-state index in [1.807, 2.05) is 56.6 Å². The van der Waals surface area contributed by atoms with E-state index in [2.05, 4.69) is 20.9 Å². The molecule has 4 nitrogen and oxygen atoms in total. The molecule has 2 heterocycles. The third kappa shape index (κ3) is 3.09. The SMILES string of the molecule is CCOc1cnc2c(c1)sc(C=CNc1ccccc1)[n+]2C. The Balaban J connectivity index is 1.83. The van der Waals surface area contributed by atoms with Gasteiger partial charge < -0.3 is 10.1 Å². The van der Waals surface area contributed by atoms with E-state index in [1.54, 1.807) is 17.5 Å². The second kappa shape index (κ2) is 6.58. The summed E-state index contributed by atoms with van der Waals surface area (Å²) >= 11 is 1.69. The van der Waals surface area contributed by atoms with Gasteiger partial charge in [-0.25, -0.2) is 4.57 Å². The van der Waals surface area contributed by atoms with Crippen molar-refractivity contribution in [1.29, 1.82) is 0 Å². The molecule has 0 spiro atoms. The lowest BCUT2D eigenvalue weighted by molar-refractivity contribution is -0.644. The van der Waals surface area contributed by atoms with Crippen LogP contribution in [0.15, 0.2) is 48.8 Å². The molecule has 112 valence electrons. The van der Waals surface area contributed by atoms with Gasteiger partial charge in [-0.15, -0.1) is 0 Å².